The van der Waals surface area contributed by atoms with Crippen molar-refractivity contribution >= 4 is 27.7 Å². The van der Waals surface area contributed by atoms with Crippen LogP contribution in [0.4, 0.5) is 0 Å². The molecule has 0 aliphatic carbocycles. The van der Waals surface area contributed by atoms with Crippen LogP contribution in [-0.2, 0) is 5.75 Å². The highest BCUT2D eigenvalue weighted by atomic mass is 79.9. The molecule has 2 aromatic heterocycles. The van der Waals surface area contributed by atoms with Crippen molar-refractivity contribution in [3.63, 3.8) is 0 Å². The molecule has 0 saturated heterocycles. The van der Waals surface area contributed by atoms with Crippen molar-refractivity contribution in [3.05, 3.63) is 83.1 Å². The van der Waals surface area contributed by atoms with Crippen LogP contribution in [0.1, 0.15) is 5.56 Å². The van der Waals surface area contributed by atoms with Gasteiger partial charge in [-0.1, -0.05) is 45.9 Å². The normalized spacial score (nSPS) is 10.8. The average Bonchev–Trinajstić information content (AvgIpc) is 3.18. The Morgan fingerprint density at radius 1 is 0.964 bits per heavy atom. The molecular formula is C21H17BrN4OS. The van der Waals surface area contributed by atoms with E-state index in [4.69, 9.17) is 4.74 Å². The molecule has 2 heterocycles. The number of hydrogen-bond donors (Lipinski definition) is 0. The summed E-state index contributed by atoms with van der Waals surface area (Å²) < 4.78 is 8.45. The molecule has 0 bridgehead atoms. The zero-order chi connectivity index (χ0) is 19.3. The van der Waals surface area contributed by atoms with Crippen LogP contribution in [-0.4, -0.2) is 26.9 Å². The number of hydrogen-bond acceptors (Lipinski definition) is 5. The van der Waals surface area contributed by atoms with Crippen molar-refractivity contribution < 1.29 is 4.74 Å². The number of methoxy groups -OCH3 is 1. The molecule has 0 atom stereocenters. The summed E-state index contributed by atoms with van der Waals surface area (Å²) in [5.74, 6) is 2.37. The lowest BCUT2D eigenvalue weighted by Crippen LogP contribution is -2.00. The first-order valence-electron chi connectivity index (χ1n) is 8.62. The minimum atomic E-state index is 0.780. The molecule has 4 rings (SSSR count). The standard InChI is InChI=1S/C21H17BrN4OS/c1-27-18-8-6-17(7-9-18)26-20(15-10-12-23-13-11-15)24-25-21(26)28-14-16-4-2-3-5-19(16)22/h2-13H,14H2,1H3. The minimum Gasteiger partial charge on any atom is -0.497 e. The molecule has 0 fully saturated rings. The van der Waals surface area contributed by atoms with Crippen molar-refractivity contribution in [1.29, 1.82) is 0 Å². The summed E-state index contributed by atoms with van der Waals surface area (Å²) in [6.45, 7) is 0. The van der Waals surface area contributed by atoms with Crippen molar-refractivity contribution in [2.45, 2.75) is 10.9 Å². The van der Waals surface area contributed by atoms with E-state index in [1.165, 1.54) is 5.56 Å². The Balaban J connectivity index is 1.73. The van der Waals surface area contributed by atoms with Crippen LogP contribution in [0.5, 0.6) is 5.75 Å². The third-order valence-electron chi connectivity index (χ3n) is 4.22. The Hall–Kier alpha value is -2.64. The number of aromatic nitrogens is 4. The van der Waals surface area contributed by atoms with Crippen molar-refractivity contribution in [2.75, 3.05) is 7.11 Å². The van der Waals surface area contributed by atoms with Crippen LogP contribution in [0.15, 0.2) is 82.7 Å². The summed E-state index contributed by atoms with van der Waals surface area (Å²) in [4.78, 5) is 4.10. The Morgan fingerprint density at radius 2 is 1.71 bits per heavy atom. The summed E-state index contributed by atoms with van der Waals surface area (Å²) >= 11 is 5.26. The van der Waals surface area contributed by atoms with E-state index in [9.17, 15) is 0 Å². The summed E-state index contributed by atoms with van der Waals surface area (Å²) in [5, 5.41) is 9.75. The molecule has 28 heavy (non-hydrogen) atoms. The smallest absolute Gasteiger partial charge is 0.196 e. The predicted octanol–water partition coefficient (Wildman–Crippen LogP) is 5.39. The number of halogens is 1. The van der Waals surface area contributed by atoms with Gasteiger partial charge in [-0.05, 0) is 48.0 Å². The lowest BCUT2D eigenvalue weighted by atomic mass is 10.2. The second-order valence-electron chi connectivity index (χ2n) is 5.96. The van der Waals surface area contributed by atoms with Crippen molar-refractivity contribution in [1.82, 2.24) is 19.7 Å². The molecule has 0 N–H and O–H groups in total. The van der Waals surface area contributed by atoms with Gasteiger partial charge in [0.05, 0.1) is 7.11 Å². The molecule has 0 amide bonds. The van der Waals surface area contributed by atoms with Gasteiger partial charge in [0.25, 0.3) is 0 Å². The van der Waals surface area contributed by atoms with E-state index >= 15 is 0 Å². The quantitative estimate of drug-likeness (QED) is 0.367. The van der Waals surface area contributed by atoms with Crippen LogP contribution in [0, 0.1) is 0 Å². The number of ether oxygens (including phenoxy) is 1. The van der Waals surface area contributed by atoms with E-state index in [0.29, 0.717) is 0 Å². The first-order valence-corrected chi connectivity index (χ1v) is 10.4. The Labute approximate surface area is 175 Å². The highest BCUT2D eigenvalue weighted by Crippen LogP contribution is 2.31. The maximum atomic E-state index is 5.29. The number of benzene rings is 2. The van der Waals surface area contributed by atoms with E-state index in [2.05, 4.69) is 41.7 Å². The van der Waals surface area contributed by atoms with E-state index in [0.717, 1.165) is 38.2 Å². The van der Waals surface area contributed by atoms with Gasteiger partial charge in [-0.15, -0.1) is 10.2 Å². The molecule has 0 unspecified atom stereocenters. The van der Waals surface area contributed by atoms with E-state index < -0.39 is 0 Å². The van der Waals surface area contributed by atoms with Gasteiger partial charge in [0.1, 0.15) is 5.75 Å². The van der Waals surface area contributed by atoms with Crippen molar-refractivity contribution in [2.24, 2.45) is 0 Å². The molecule has 0 aliphatic heterocycles. The van der Waals surface area contributed by atoms with E-state index in [-0.39, 0.29) is 0 Å². The van der Waals surface area contributed by atoms with Gasteiger partial charge in [-0.25, -0.2) is 0 Å². The van der Waals surface area contributed by atoms with Crippen LogP contribution >= 0.6 is 27.7 Å². The maximum Gasteiger partial charge on any atom is 0.196 e. The molecule has 5 nitrogen and oxygen atoms in total. The fourth-order valence-corrected chi connectivity index (χ4v) is 4.34. The zero-order valence-electron chi connectivity index (χ0n) is 15.1. The van der Waals surface area contributed by atoms with Gasteiger partial charge in [-0.2, -0.15) is 0 Å². The third kappa shape index (κ3) is 3.95. The molecule has 0 aliphatic rings. The molecular weight excluding hydrogens is 436 g/mol. The van der Waals surface area contributed by atoms with Crippen LogP contribution in [0.3, 0.4) is 0 Å². The summed E-state index contributed by atoms with van der Waals surface area (Å²) in [7, 11) is 1.66. The van der Waals surface area contributed by atoms with Crippen LogP contribution in [0.2, 0.25) is 0 Å². The minimum absolute atomic E-state index is 0.780. The first-order chi connectivity index (χ1) is 13.8. The summed E-state index contributed by atoms with van der Waals surface area (Å²) in [5.41, 5.74) is 3.15. The second kappa shape index (κ2) is 8.58. The van der Waals surface area contributed by atoms with Gasteiger partial charge in [-0.3, -0.25) is 9.55 Å². The largest absolute Gasteiger partial charge is 0.497 e. The van der Waals surface area contributed by atoms with Gasteiger partial charge >= 0.3 is 0 Å². The molecule has 2 aromatic carbocycles. The van der Waals surface area contributed by atoms with Gasteiger partial charge in [0.15, 0.2) is 11.0 Å². The Bertz CT molecular complexity index is 1070. The summed E-state index contributed by atoms with van der Waals surface area (Å²) in [6.07, 6.45) is 3.52. The summed E-state index contributed by atoms with van der Waals surface area (Å²) in [6, 6.07) is 20.0. The monoisotopic (exact) mass is 452 g/mol. The highest BCUT2D eigenvalue weighted by Gasteiger charge is 2.16. The molecule has 0 saturated carbocycles. The number of pyridine rings is 1. The Morgan fingerprint density at radius 3 is 2.43 bits per heavy atom. The third-order valence-corrected chi connectivity index (χ3v) is 5.97. The Kier molecular flexibility index (Phi) is 5.73. The van der Waals surface area contributed by atoms with E-state index in [1.807, 2.05) is 54.6 Å². The fourth-order valence-electron chi connectivity index (χ4n) is 2.77. The molecule has 0 spiro atoms. The van der Waals surface area contributed by atoms with Gasteiger partial charge in [0.2, 0.25) is 0 Å². The SMILES string of the molecule is COc1ccc(-n2c(SCc3ccccc3Br)nnc2-c2ccncc2)cc1. The molecule has 7 heteroatoms. The fraction of sp³-hybridized carbons (Fsp3) is 0.0952. The van der Waals surface area contributed by atoms with Gasteiger partial charge in [0, 0.05) is 33.9 Å². The van der Waals surface area contributed by atoms with Crippen LogP contribution in [0.25, 0.3) is 17.1 Å². The maximum absolute atomic E-state index is 5.29. The van der Waals surface area contributed by atoms with E-state index in [1.54, 1.807) is 31.3 Å². The number of nitrogens with zero attached hydrogens (tertiary/aromatic N) is 4. The molecule has 140 valence electrons. The second-order valence-corrected chi connectivity index (χ2v) is 7.75. The van der Waals surface area contributed by atoms with Crippen molar-refractivity contribution in [3.8, 4) is 22.8 Å². The highest BCUT2D eigenvalue weighted by molar-refractivity contribution is 9.10. The lowest BCUT2D eigenvalue weighted by Gasteiger charge is -2.11. The molecule has 0 radical (unpaired) electrons. The predicted molar refractivity (Wildman–Crippen MR) is 115 cm³/mol. The van der Waals surface area contributed by atoms with Crippen LogP contribution < -0.4 is 4.74 Å². The molecule has 4 aromatic rings. The first kappa shape index (κ1) is 18.7. The average molecular weight is 453 g/mol. The zero-order valence-corrected chi connectivity index (χ0v) is 17.5. The van der Waals surface area contributed by atoms with Gasteiger partial charge < -0.3 is 4.74 Å². The number of thioether (sulfide) groups is 1. The lowest BCUT2D eigenvalue weighted by molar-refractivity contribution is 0.414. The number of rotatable bonds is 6. The topological polar surface area (TPSA) is 52.8 Å².